The standard InChI is InChI=1S/C14H17FN2O4/c1-20-13(18)8-12-9-17(5-6-21-12)14(19)16-11-4-2-3-10(15)7-11/h2-4,7,12H,5-6,8-9H2,1H3,(H,16,19). The first-order valence-electron chi connectivity index (χ1n) is 6.58. The van der Waals surface area contributed by atoms with Crippen LogP contribution in [0.2, 0.25) is 0 Å². The van der Waals surface area contributed by atoms with Gasteiger partial charge < -0.3 is 19.7 Å². The van der Waals surface area contributed by atoms with Crippen LogP contribution >= 0.6 is 0 Å². The number of morpholine rings is 1. The van der Waals surface area contributed by atoms with Crippen molar-refractivity contribution in [2.45, 2.75) is 12.5 Å². The average Bonchev–Trinajstić information content (AvgIpc) is 2.47. The van der Waals surface area contributed by atoms with Gasteiger partial charge in [0.25, 0.3) is 0 Å². The van der Waals surface area contributed by atoms with Gasteiger partial charge in [0.15, 0.2) is 0 Å². The smallest absolute Gasteiger partial charge is 0.322 e. The van der Waals surface area contributed by atoms with Gasteiger partial charge in [0.05, 0.1) is 26.2 Å². The molecule has 1 aliphatic heterocycles. The monoisotopic (exact) mass is 296 g/mol. The van der Waals surface area contributed by atoms with Crippen LogP contribution in [0.1, 0.15) is 6.42 Å². The van der Waals surface area contributed by atoms with Crippen molar-refractivity contribution in [2.75, 3.05) is 32.1 Å². The summed E-state index contributed by atoms with van der Waals surface area (Å²) < 4.78 is 23.1. The predicted molar refractivity (Wildman–Crippen MR) is 73.4 cm³/mol. The average molecular weight is 296 g/mol. The molecular formula is C14H17FN2O4. The van der Waals surface area contributed by atoms with Gasteiger partial charge in [0.2, 0.25) is 0 Å². The molecule has 1 heterocycles. The van der Waals surface area contributed by atoms with Crippen molar-refractivity contribution < 1.29 is 23.5 Å². The van der Waals surface area contributed by atoms with Gasteiger partial charge >= 0.3 is 12.0 Å². The zero-order valence-corrected chi connectivity index (χ0v) is 11.7. The Hall–Kier alpha value is -2.15. The van der Waals surface area contributed by atoms with Crippen molar-refractivity contribution in [1.82, 2.24) is 4.90 Å². The van der Waals surface area contributed by atoms with Crippen LogP contribution in [-0.4, -0.2) is 49.8 Å². The van der Waals surface area contributed by atoms with E-state index in [4.69, 9.17) is 4.74 Å². The zero-order valence-electron chi connectivity index (χ0n) is 11.7. The van der Waals surface area contributed by atoms with E-state index in [2.05, 4.69) is 10.1 Å². The Kier molecular flexibility index (Phi) is 5.10. The first kappa shape index (κ1) is 15.2. The summed E-state index contributed by atoms with van der Waals surface area (Å²) in [5.74, 6) is -0.800. The number of ether oxygens (including phenoxy) is 2. The Morgan fingerprint density at radius 1 is 1.52 bits per heavy atom. The second kappa shape index (κ2) is 7.03. The molecule has 0 aliphatic carbocycles. The summed E-state index contributed by atoms with van der Waals surface area (Å²) in [6, 6.07) is 5.32. The third kappa shape index (κ3) is 4.42. The summed E-state index contributed by atoms with van der Waals surface area (Å²) >= 11 is 0. The van der Waals surface area contributed by atoms with E-state index in [1.807, 2.05) is 0 Å². The quantitative estimate of drug-likeness (QED) is 0.861. The van der Waals surface area contributed by atoms with Crippen molar-refractivity contribution in [3.05, 3.63) is 30.1 Å². The van der Waals surface area contributed by atoms with Crippen LogP contribution in [-0.2, 0) is 14.3 Å². The van der Waals surface area contributed by atoms with Gasteiger partial charge in [0.1, 0.15) is 5.82 Å². The number of carbonyl (C=O) groups excluding carboxylic acids is 2. The summed E-state index contributed by atoms with van der Waals surface area (Å²) in [5.41, 5.74) is 0.385. The summed E-state index contributed by atoms with van der Waals surface area (Å²) in [4.78, 5) is 24.9. The van der Waals surface area contributed by atoms with Crippen LogP contribution in [0.4, 0.5) is 14.9 Å². The Balaban J connectivity index is 1.91. The lowest BCUT2D eigenvalue weighted by Gasteiger charge is -2.32. The van der Waals surface area contributed by atoms with Gasteiger partial charge in [-0.05, 0) is 18.2 Å². The molecule has 1 saturated heterocycles. The highest BCUT2D eigenvalue weighted by Crippen LogP contribution is 2.13. The molecular weight excluding hydrogens is 279 g/mol. The number of urea groups is 1. The largest absolute Gasteiger partial charge is 0.469 e. The van der Waals surface area contributed by atoms with Gasteiger partial charge in [-0.1, -0.05) is 6.07 Å². The fourth-order valence-electron chi connectivity index (χ4n) is 2.07. The topological polar surface area (TPSA) is 67.9 Å². The van der Waals surface area contributed by atoms with Crippen molar-refractivity contribution in [2.24, 2.45) is 0 Å². The number of carbonyl (C=O) groups is 2. The molecule has 1 aromatic carbocycles. The minimum atomic E-state index is -0.418. The van der Waals surface area contributed by atoms with Crippen LogP contribution in [0.15, 0.2) is 24.3 Å². The molecule has 2 amide bonds. The van der Waals surface area contributed by atoms with E-state index in [1.54, 1.807) is 6.07 Å². The van der Waals surface area contributed by atoms with Gasteiger partial charge in [-0.25, -0.2) is 9.18 Å². The second-order valence-electron chi connectivity index (χ2n) is 4.66. The molecule has 0 saturated carbocycles. The number of halogens is 1. The van der Waals surface area contributed by atoms with Crippen LogP contribution in [0.5, 0.6) is 0 Å². The number of methoxy groups -OCH3 is 1. The number of hydrogen-bond acceptors (Lipinski definition) is 4. The number of anilines is 1. The molecule has 114 valence electrons. The summed E-state index contributed by atoms with van der Waals surface area (Å²) in [7, 11) is 1.31. The number of hydrogen-bond donors (Lipinski definition) is 1. The summed E-state index contributed by atoms with van der Waals surface area (Å²) in [5, 5.41) is 2.62. The number of esters is 1. The molecule has 1 atom stereocenters. The predicted octanol–water partition coefficient (Wildman–Crippen LogP) is 1.62. The number of nitrogens with one attached hydrogen (secondary N) is 1. The van der Waals surface area contributed by atoms with E-state index in [1.165, 1.54) is 30.2 Å². The van der Waals surface area contributed by atoms with E-state index >= 15 is 0 Å². The molecule has 0 radical (unpaired) electrons. The summed E-state index contributed by atoms with van der Waals surface area (Å²) in [6.07, 6.45) is -0.287. The van der Waals surface area contributed by atoms with E-state index in [9.17, 15) is 14.0 Å². The minimum Gasteiger partial charge on any atom is -0.469 e. The van der Waals surface area contributed by atoms with Crippen LogP contribution in [0, 0.1) is 5.82 Å². The van der Waals surface area contributed by atoms with Crippen molar-refractivity contribution >= 4 is 17.7 Å². The molecule has 7 heteroatoms. The fraction of sp³-hybridized carbons (Fsp3) is 0.429. The lowest BCUT2D eigenvalue weighted by atomic mass is 10.2. The van der Waals surface area contributed by atoms with Crippen molar-refractivity contribution in [3.63, 3.8) is 0 Å². The Labute approximate surface area is 121 Å². The second-order valence-corrected chi connectivity index (χ2v) is 4.66. The number of benzene rings is 1. The lowest BCUT2D eigenvalue weighted by molar-refractivity contribution is -0.145. The maximum absolute atomic E-state index is 13.1. The SMILES string of the molecule is COC(=O)CC1CN(C(=O)Nc2cccc(F)c2)CCO1. The van der Waals surface area contributed by atoms with Crippen molar-refractivity contribution in [1.29, 1.82) is 0 Å². The van der Waals surface area contributed by atoms with Crippen molar-refractivity contribution in [3.8, 4) is 0 Å². The highest BCUT2D eigenvalue weighted by Gasteiger charge is 2.26. The Morgan fingerprint density at radius 3 is 3.05 bits per heavy atom. The minimum absolute atomic E-state index is 0.0975. The first-order chi connectivity index (χ1) is 10.1. The first-order valence-corrected chi connectivity index (χ1v) is 6.58. The van der Waals surface area contributed by atoms with E-state index in [-0.39, 0.29) is 31.1 Å². The maximum atomic E-state index is 13.1. The van der Waals surface area contributed by atoms with Gasteiger partial charge in [-0.3, -0.25) is 4.79 Å². The number of amides is 2. The molecule has 0 bridgehead atoms. The van der Waals surface area contributed by atoms with Crippen LogP contribution < -0.4 is 5.32 Å². The van der Waals surface area contributed by atoms with Crippen LogP contribution in [0.25, 0.3) is 0 Å². The van der Waals surface area contributed by atoms with Gasteiger partial charge in [-0.2, -0.15) is 0 Å². The molecule has 21 heavy (non-hydrogen) atoms. The lowest BCUT2D eigenvalue weighted by Crippen LogP contribution is -2.48. The molecule has 1 aromatic rings. The van der Waals surface area contributed by atoms with Gasteiger partial charge in [-0.15, -0.1) is 0 Å². The Bertz CT molecular complexity index is 523. The van der Waals surface area contributed by atoms with Gasteiger partial charge in [0, 0.05) is 18.8 Å². The zero-order chi connectivity index (χ0) is 15.2. The Morgan fingerprint density at radius 2 is 2.33 bits per heavy atom. The molecule has 0 aromatic heterocycles. The fourth-order valence-corrected chi connectivity index (χ4v) is 2.07. The maximum Gasteiger partial charge on any atom is 0.322 e. The molecule has 1 N–H and O–H groups in total. The highest BCUT2D eigenvalue weighted by molar-refractivity contribution is 5.89. The molecule has 1 unspecified atom stereocenters. The normalized spacial score (nSPS) is 18.2. The molecule has 0 spiro atoms. The molecule has 2 rings (SSSR count). The van der Waals surface area contributed by atoms with E-state index < -0.39 is 5.82 Å². The molecule has 1 aliphatic rings. The van der Waals surface area contributed by atoms with Crippen LogP contribution in [0.3, 0.4) is 0 Å². The highest BCUT2D eigenvalue weighted by atomic mass is 19.1. The number of nitrogens with zero attached hydrogens (tertiary/aromatic N) is 1. The third-order valence-corrected chi connectivity index (χ3v) is 3.12. The third-order valence-electron chi connectivity index (χ3n) is 3.12. The van der Waals surface area contributed by atoms with E-state index in [0.717, 1.165) is 0 Å². The number of rotatable bonds is 3. The van der Waals surface area contributed by atoms with E-state index in [0.29, 0.717) is 18.8 Å². The molecule has 6 nitrogen and oxygen atoms in total. The summed E-state index contributed by atoms with van der Waals surface area (Å²) in [6.45, 7) is 1.05. The molecule has 1 fully saturated rings.